The number of methoxy groups -OCH3 is 1. The number of hydrogen-bond acceptors (Lipinski definition) is 5. The third kappa shape index (κ3) is 6.33. The number of benzene rings is 2. The number of hydrogen-bond donors (Lipinski definition) is 2. The molecule has 4 rings (SSSR count). The van der Waals surface area contributed by atoms with Gasteiger partial charge in [-0.1, -0.05) is 55.3 Å². The first-order valence-corrected chi connectivity index (χ1v) is 12.1. The molecular weight excluding hydrogens is 458 g/mol. The van der Waals surface area contributed by atoms with Crippen molar-refractivity contribution < 1.29 is 23.5 Å². The first-order chi connectivity index (χ1) is 17.5. The summed E-state index contributed by atoms with van der Waals surface area (Å²) in [6, 6.07) is 18.9. The van der Waals surface area contributed by atoms with Gasteiger partial charge in [0.15, 0.2) is 5.76 Å². The van der Waals surface area contributed by atoms with Gasteiger partial charge < -0.3 is 24.7 Å². The van der Waals surface area contributed by atoms with E-state index < -0.39 is 17.9 Å². The van der Waals surface area contributed by atoms with Gasteiger partial charge in [-0.25, -0.2) is 0 Å². The van der Waals surface area contributed by atoms with Crippen molar-refractivity contribution >= 4 is 17.7 Å². The van der Waals surface area contributed by atoms with Crippen LogP contribution in [0.4, 0.5) is 0 Å². The molecule has 0 aliphatic heterocycles. The summed E-state index contributed by atoms with van der Waals surface area (Å²) in [4.78, 5) is 41.2. The molecule has 0 bridgehead atoms. The number of ether oxygens (including phenoxy) is 1. The molecular formula is C28H31N3O5. The second kappa shape index (κ2) is 12.1. The summed E-state index contributed by atoms with van der Waals surface area (Å²) in [7, 11) is 1.56. The molecule has 36 heavy (non-hydrogen) atoms. The minimum atomic E-state index is -0.908. The number of carbonyl (C=O) groups is 3. The zero-order chi connectivity index (χ0) is 25.3. The highest BCUT2D eigenvalue weighted by Gasteiger charge is 2.33. The third-order valence-electron chi connectivity index (χ3n) is 6.33. The van der Waals surface area contributed by atoms with E-state index in [4.69, 9.17) is 9.15 Å². The van der Waals surface area contributed by atoms with Crippen LogP contribution in [0.3, 0.4) is 0 Å². The predicted molar refractivity (Wildman–Crippen MR) is 134 cm³/mol. The van der Waals surface area contributed by atoms with Crippen LogP contribution in [0.2, 0.25) is 0 Å². The van der Waals surface area contributed by atoms with Crippen molar-refractivity contribution in [1.29, 1.82) is 0 Å². The summed E-state index contributed by atoms with van der Waals surface area (Å²) >= 11 is 0. The van der Waals surface area contributed by atoms with E-state index in [-0.39, 0.29) is 30.8 Å². The maximum atomic E-state index is 13.7. The molecule has 1 saturated carbocycles. The van der Waals surface area contributed by atoms with Crippen LogP contribution < -0.4 is 15.4 Å². The van der Waals surface area contributed by atoms with E-state index in [0.29, 0.717) is 11.3 Å². The number of furan rings is 1. The van der Waals surface area contributed by atoms with Crippen molar-refractivity contribution in [3.63, 3.8) is 0 Å². The molecule has 1 aliphatic carbocycles. The van der Waals surface area contributed by atoms with Gasteiger partial charge in [0.25, 0.3) is 5.91 Å². The van der Waals surface area contributed by atoms with Crippen LogP contribution in [0.15, 0.2) is 77.4 Å². The Morgan fingerprint density at radius 2 is 1.81 bits per heavy atom. The summed E-state index contributed by atoms with van der Waals surface area (Å²) in [6.07, 6.45) is 5.37. The maximum absolute atomic E-state index is 13.7. The summed E-state index contributed by atoms with van der Waals surface area (Å²) in [5.41, 5.74) is 1.50. The Labute approximate surface area is 210 Å². The third-order valence-corrected chi connectivity index (χ3v) is 6.33. The molecule has 8 nitrogen and oxygen atoms in total. The molecule has 1 aromatic heterocycles. The topological polar surface area (TPSA) is 101 Å². The Kier molecular flexibility index (Phi) is 8.39. The lowest BCUT2D eigenvalue weighted by Crippen LogP contribution is -2.48. The molecule has 188 valence electrons. The van der Waals surface area contributed by atoms with Gasteiger partial charge in [0.2, 0.25) is 11.8 Å². The first kappa shape index (κ1) is 25.0. The molecule has 2 N–H and O–H groups in total. The van der Waals surface area contributed by atoms with Crippen LogP contribution in [-0.4, -0.2) is 42.3 Å². The number of carbonyl (C=O) groups excluding carboxylic acids is 3. The second-order valence-electron chi connectivity index (χ2n) is 8.84. The lowest BCUT2D eigenvalue weighted by Gasteiger charge is -2.32. The highest BCUT2D eigenvalue weighted by atomic mass is 16.5. The number of nitrogens with zero attached hydrogens (tertiary/aromatic N) is 1. The van der Waals surface area contributed by atoms with E-state index >= 15 is 0 Å². The van der Waals surface area contributed by atoms with Crippen LogP contribution >= 0.6 is 0 Å². The van der Waals surface area contributed by atoms with Crippen molar-refractivity contribution in [3.8, 4) is 5.75 Å². The maximum Gasteiger partial charge on any atom is 0.287 e. The van der Waals surface area contributed by atoms with E-state index in [2.05, 4.69) is 10.6 Å². The second-order valence-corrected chi connectivity index (χ2v) is 8.84. The molecule has 1 heterocycles. The van der Waals surface area contributed by atoms with Crippen molar-refractivity contribution in [2.24, 2.45) is 0 Å². The van der Waals surface area contributed by atoms with Crippen molar-refractivity contribution in [2.45, 2.75) is 44.3 Å². The monoisotopic (exact) mass is 489 g/mol. The van der Waals surface area contributed by atoms with E-state index in [9.17, 15) is 14.4 Å². The molecule has 1 aliphatic rings. The van der Waals surface area contributed by atoms with Crippen molar-refractivity contribution in [1.82, 2.24) is 15.5 Å². The Morgan fingerprint density at radius 1 is 1.03 bits per heavy atom. The molecule has 2 aromatic carbocycles. The largest absolute Gasteiger partial charge is 0.497 e. The molecule has 0 radical (unpaired) electrons. The molecule has 8 heteroatoms. The van der Waals surface area contributed by atoms with Gasteiger partial charge in [0.05, 0.1) is 19.9 Å². The number of rotatable bonds is 10. The minimum absolute atomic E-state index is 0.0814. The molecule has 0 spiro atoms. The van der Waals surface area contributed by atoms with E-state index in [0.717, 1.165) is 31.2 Å². The van der Waals surface area contributed by atoms with Gasteiger partial charge >= 0.3 is 0 Å². The summed E-state index contributed by atoms with van der Waals surface area (Å²) < 4.78 is 10.5. The van der Waals surface area contributed by atoms with E-state index in [1.165, 1.54) is 17.2 Å². The van der Waals surface area contributed by atoms with Gasteiger partial charge in [0, 0.05) is 12.6 Å². The Morgan fingerprint density at radius 3 is 2.50 bits per heavy atom. The van der Waals surface area contributed by atoms with Gasteiger partial charge in [-0.15, -0.1) is 0 Å². The van der Waals surface area contributed by atoms with Crippen LogP contribution in [-0.2, 0) is 16.1 Å². The zero-order valence-corrected chi connectivity index (χ0v) is 20.3. The molecule has 1 atom stereocenters. The number of nitrogens with one attached hydrogen (secondary N) is 2. The normalized spacial score (nSPS) is 14.1. The Hall–Kier alpha value is -4.07. The Bertz CT molecular complexity index is 1160. The lowest BCUT2D eigenvalue weighted by atomic mass is 10.0. The highest BCUT2D eigenvalue weighted by molar-refractivity contribution is 5.95. The van der Waals surface area contributed by atoms with Crippen LogP contribution in [0, 0.1) is 0 Å². The van der Waals surface area contributed by atoms with Crippen LogP contribution in [0.1, 0.15) is 53.4 Å². The molecule has 1 fully saturated rings. The lowest BCUT2D eigenvalue weighted by molar-refractivity contribution is -0.141. The van der Waals surface area contributed by atoms with Gasteiger partial charge in [-0.3, -0.25) is 14.4 Å². The fraction of sp³-hybridized carbons (Fsp3) is 0.321. The molecule has 0 saturated heterocycles. The fourth-order valence-electron chi connectivity index (χ4n) is 4.49. The average Bonchev–Trinajstić information content (AvgIpc) is 3.62. The zero-order valence-electron chi connectivity index (χ0n) is 20.3. The number of amides is 3. The van der Waals surface area contributed by atoms with Crippen molar-refractivity contribution in [2.75, 3.05) is 13.7 Å². The Balaban J connectivity index is 1.65. The summed E-state index contributed by atoms with van der Waals surface area (Å²) in [6.45, 7) is -0.0974. The van der Waals surface area contributed by atoms with Gasteiger partial charge in [-0.2, -0.15) is 0 Å². The highest BCUT2D eigenvalue weighted by Crippen LogP contribution is 2.28. The van der Waals surface area contributed by atoms with E-state index in [1.54, 1.807) is 31.4 Å². The predicted octanol–water partition coefficient (Wildman–Crippen LogP) is 3.85. The SMILES string of the molecule is COc1cccc([C@H](C(=O)NC2CCCC2)N(Cc2ccccc2)C(=O)CNC(=O)c2ccco2)c1. The van der Waals surface area contributed by atoms with Crippen LogP contribution in [0.25, 0.3) is 0 Å². The molecule has 3 aromatic rings. The standard InChI is InChI=1S/C28H31N3O5/c1-35-23-14-7-11-21(17-23)26(28(34)30-22-12-5-6-13-22)31(19-20-9-3-2-4-10-20)25(32)18-29-27(33)24-15-8-16-36-24/h2-4,7-11,14-17,22,26H,5-6,12-13,18-19H2,1H3,(H,29,33)(H,30,34)/t26-/m1/s1. The smallest absolute Gasteiger partial charge is 0.287 e. The first-order valence-electron chi connectivity index (χ1n) is 12.1. The van der Waals surface area contributed by atoms with E-state index in [1.807, 2.05) is 36.4 Å². The minimum Gasteiger partial charge on any atom is -0.497 e. The van der Waals surface area contributed by atoms with Crippen LogP contribution in [0.5, 0.6) is 5.75 Å². The summed E-state index contributed by atoms with van der Waals surface area (Å²) in [5, 5.41) is 5.76. The van der Waals surface area contributed by atoms with Crippen molar-refractivity contribution in [3.05, 3.63) is 89.9 Å². The average molecular weight is 490 g/mol. The van der Waals surface area contributed by atoms with Gasteiger partial charge in [0.1, 0.15) is 11.8 Å². The molecule has 0 unspecified atom stereocenters. The summed E-state index contributed by atoms with van der Waals surface area (Å²) in [5.74, 6) is -0.448. The van der Waals surface area contributed by atoms with Gasteiger partial charge in [-0.05, 0) is 48.2 Å². The fourth-order valence-corrected chi connectivity index (χ4v) is 4.49. The molecule has 3 amide bonds. The quantitative estimate of drug-likeness (QED) is 0.451.